The molecule has 162 valence electrons. The Hall–Kier alpha value is -1.93. The second-order valence-electron chi connectivity index (χ2n) is 8.60. The van der Waals surface area contributed by atoms with Gasteiger partial charge in [-0.1, -0.05) is 18.2 Å². The van der Waals surface area contributed by atoms with Crippen LogP contribution < -0.4 is 5.73 Å². The second-order valence-corrected chi connectivity index (χ2v) is 8.60. The van der Waals surface area contributed by atoms with Gasteiger partial charge in [-0.05, 0) is 49.8 Å². The van der Waals surface area contributed by atoms with E-state index >= 15 is 0 Å². The molecule has 2 fully saturated rings. The number of halogens is 1. The van der Waals surface area contributed by atoms with Crippen molar-refractivity contribution in [3.63, 3.8) is 0 Å². The van der Waals surface area contributed by atoms with Gasteiger partial charge in [-0.15, -0.1) is 12.4 Å². The highest BCUT2D eigenvalue weighted by Crippen LogP contribution is 2.41. The van der Waals surface area contributed by atoms with Gasteiger partial charge in [0.15, 0.2) is 0 Å². The van der Waals surface area contributed by atoms with Crippen LogP contribution in [0.1, 0.15) is 36.9 Å². The largest absolute Gasteiger partial charge is 0.391 e. The molecule has 8 heteroatoms. The van der Waals surface area contributed by atoms with Crippen molar-refractivity contribution in [2.45, 2.75) is 49.9 Å². The summed E-state index contributed by atoms with van der Waals surface area (Å²) in [5.41, 5.74) is 8.80. The van der Waals surface area contributed by atoms with Crippen LogP contribution in [0.4, 0.5) is 0 Å². The number of nitrogens with zero attached hydrogens (tertiary/aromatic N) is 3. The first kappa shape index (κ1) is 21.3. The third kappa shape index (κ3) is 3.64. The predicted molar refractivity (Wildman–Crippen MR) is 115 cm³/mol. The molecule has 2 aliphatic heterocycles. The Morgan fingerprint density at radius 1 is 1.20 bits per heavy atom. The summed E-state index contributed by atoms with van der Waals surface area (Å²) in [6.07, 6.45) is 4.97. The van der Waals surface area contributed by atoms with Gasteiger partial charge in [0.05, 0.1) is 24.1 Å². The third-order valence-corrected chi connectivity index (χ3v) is 6.80. The highest BCUT2D eigenvalue weighted by Gasteiger charge is 2.45. The van der Waals surface area contributed by atoms with Crippen LogP contribution in [0.3, 0.4) is 0 Å². The fourth-order valence-corrected chi connectivity index (χ4v) is 5.09. The Labute approximate surface area is 182 Å². The standard InChI is InChI=1S/C22H28N4O3.ClH/c23-18-12-16(13-19(18)27)21(28)25-9-7-22(8-10-25)20-15(6-11-29-22)14-26(24-20)17-4-2-1-3-5-17;/h1-5,14,16,18-19,27H,6-13,23H2;1H/t16-,18-,19-;/m0./s1. The number of amides is 1. The molecule has 0 bridgehead atoms. The Kier molecular flexibility index (Phi) is 5.90. The number of fused-ring (bicyclic) bond motifs is 2. The van der Waals surface area contributed by atoms with Crippen molar-refractivity contribution < 1.29 is 14.6 Å². The highest BCUT2D eigenvalue weighted by molar-refractivity contribution is 5.85. The molecule has 0 unspecified atom stereocenters. The molecule has 1 aromatic heterocycles. The maximum atomic E-state index is 12.9. The van der Waals surface area contributed by atoms with Crippen molar-refractivity contribution in [3.05, 3.63) is 47.8 Å². The van der Waals surface area contributed by atoms with Gasteiger partial charge in [-0.3, -0.25) is 4.79 Å². The van der Waals surface area contributed by atoms with Crippen LogP contribution >= 0.6 is 12.4 Å². The zero-order valence-corrected chi connectivity index (χ0v) is 17.8. The number of carbonyl (C=O) groups is 1. The summed E-state index contributed by atoms with van der Waals surface area (Å²) in [5.74, 6) is -0.0353. The number of hydrogen-bond donors (Lipinski definition) is 2. The number of carbonyl (C=O) groups excluding carboxylic acids is 1. The summed E-state index contributed by atoms with van der Waals surface area (Å²) in [6, 6.07) is 9.84. The minimum Gasteiger partial charge on any atom is -0.391 e. The molecule has 3 N–H and O–H groups in total. The number of benzene rings is 1. The van der Waals surface area contributed by atoms with Gasteiger partial charge in [0, 0.05) is 31.2 Å². The van der Waals surface area contributed by atoms with Crippen molar-refractivity contribution in [3.8, 4) is 5.69 Å². The van der Waals surface area contributed by atoms with Gasteiger partial charge in [0.2, 0.25) is 5.91 Å². The molecule has 2 aromatic rings. The lowest BCUT2D eigenvalue weighted by molar-refractivity contribution is -0.145. The molecule has 1 aromatic carbocycles. The van der Waals surface area contributed by atoms with E-state index in [1.165, 1.54) is 5.56 Å². The number of piperidine rings is 1. The lowest BCUT2D eigenvalue weighted by Crippen LogP contribution is -2.49. The number of rotatable bonds is 2. The quantitative estimate of drug-likeness (QED) is 0.754. The normalized spacial score (nSPS) is 27.5. The van der Waals surface area contributed by atoms with Gasteiger partial charge in [-0.2, -0.15) is 5.10 Å². The molecule has 5 rings (SSSR count). The highest BCUT2D eigenvalue weighted by atomic mass is 35.5. The first-order valence-electron chi connectivity index (χ1n) is 10.6. The summed E-state index contributed by atoms with van der Waals surface area (Å²) in [5, 5.41) is 14.8. The van der Waals surface area contributed by atoms with E-state index in [0.717, 1.165) is 30.6 Å². The molecule has 1 aliphatic carbocycles. The number of nitrogens with two attached hydrogens (primary N) is 1. The van der Waals surface area contributed by atoms with Crippen LogP contribution in [0, 0.1) is 5.92 Å². The first-order chi connectivity index (χ1) is 14.1. The predicted octanol–water partition coefficient (Wildman–Crippen LogP) is 1.78. The van der Waals surface area contributed by atoms with Gasteiger partial charge in [0.25, 0.3) is 0 Å². The van der Waals surface area contributed by atoms with Crippen molar-refractivity contribution in [2.24, 2.45) is 11.7 Å². The number of ether oxygens (including phenoxy) is 1. The molecule has 1 saturated heterocycles. The van der Waals surface area contributed by atoms with E-state index in [4.69, 9.17) is 15.6 Å². The summed E-state index contributed by atoms with van der Waals surface area (Å²) < 4.78 is 8.24. The monoisotopic (exact) mass is 432 g/mol. The Bertz CT molecular complexity index is 885. The van der Waals surface area contributed by atoms with Crippen molar-refractivity contribution in [2.75, 3.05) is 19.7 Å². The van der Waals surface area contributed by atoms with E-state index in [2.05, 4.69) is 6.20 Å². The zero-order chi connectivity index (χ0) is 20.0. The molecule has 3 aliphatic rings. The molecule has 3 atom stereocenters. The van der Waals surface area contributed by atoms with E-state index in [9.17, 15) is 9.90 Å². The molecule has 30 heavy (non-hydrogen) atoms. The summed E-state index contributed by atoms with van der Waals surface area (Å²) in [6.45, 7) is 1.99. The maximum absolute atomic E-state index is 12.9. The Morgan fingerprint density at radius 3 is 2.60 bits per heavy atom. The minimum atomic E-state index is -0.564. The van der Waals surface area contributed by atoms with Crippen LogP contribution in [0.2, 0.25) is 0 Å². The van der Waals surface area contributed by atoms with Crippen LogP contribution in [-0.4, -0.2) is 57.5 Å². The van der Waals surface area contributed by atoms with E-state index < -0.39 is 11.7 Å². The molecule has 1 saturated carbocycles. The maximum Gasteiger partial charge on any atom is 0.225 e. The van der Waals surface area contributed by atoms with E-state index in [-0.39, 0.29) is 30.3 Å². The topological polar surface area (TPSA) is 93.6 Å². The van der Waals surface area contributed by atoms with Crippen LogP contribution in [0.5, 0.6) is 0 Å². The number of para-hydroxylation sites is 1. The van der Waals surface area contributed by atoms with Crippen LogP contribution in [0.15, 0.2) is 36.5 Å². The Balaban J connectivity index is 0.00000218. The molecular weight excluding hydrogens is 404 g/mol. The summed E-state index contributed by atoms with van der Waals surface area (Å²) >= 11 is 0. The number of likely N-dealkylation sites (tertiary alicyclic amines) is 1. The smallest absolute Gasteiger partial charge is 0.225 e. The first-order valence-corrected chi connectivity index (χ1v) is 10.6. The van der Waals surface area contributed by atoms with Crippen molar-refractivity contribution in [1.82, 2.24) is 14.7 Å². The average molecular weight is 433 g/mol. The minimum absolute atomic E-state index is 0. The Morgan fingerprint density at radius 2 is 1.93 bits per heavy atom. The van der Waals surface area contributed by atoms with Gasteiger partial charge < -0.3 is 20.5 Å². The second kappa shape index (κ2) is 8.30. The van der Waals surface area contributed by atoms with Gasteiger partial charge >= 0.3 is 0 Å². The lowest BCUT2D eigenvalue weighted by Gasteiger charge is -2.43. The van der Waals surface area contributed by atoms with E-state index in [1.54, 1.807) is 0 Å². The van der Waals surface area contributed by atoms with Gasteiger partial charge in [0.1, 0.15) is 5.60 Å². The average Bonchev–Trinajstić information content (AvgIpc) is 3.33. The lowest BCUT2D eigenvalue weighted by atomic mass is 9.83. The van der Waals surface area contributed by atoms with Crippen LogP contribution in [-0.2, 0) is 21.6 Å². The molecule has 7 nitrogen and oxygen atoms in total. The number of hydrogen-bond acceptors (Lipinski definition) is 5. The third-order valence-electron chi connectivity index (χ3n) is 6.80. The molecule has 1 spiro atoms. The molecule has 0 radical (unpaired) electrons. The molecular formula is C22H29ClN4O3. The number of aromatic nitrogens is 2. The summed E-state index contributed by atoms with van der Waals surface area (Å²) in [7, 11) is 0. The summed E-state index contributed by atoms with van der Waals surface area (Å²) in [4.78, 5) is 14.8. The van der Waals surface area contributed by atoms with Crippen LogP contribution in [0.25, 0.3) is 5.69 Å². The zero-order valence-electron chi connectivity index (χ0n) is 16.9. The number of aliphatic hydroxyl groups is 1. The van der Waals surface area contributed by atoms with E-state index in [1.807, 2.05) is 39.9 Å². The molecule has 3 heterocycles. The van der Waals surface area contributed by atoms with Gasteiger partial charge in [-0.25, -0.2) is 4.68 Å². The van der Waals surface area contributed by atoms with E-state index in [0.29, 0.717) is 32.5 Å². The number of aliphatic hydroxyl groups excluding tert-OH is 1. The fourth-order valence-electron chi connectivity index (χ4n) is 5.09. The van der Waals surface area contributed by atoms with Crippen molar-refractivity contribution >= 4 is 18.3 Å². The SMILES string of the molecule is Cl.N[C@H]1C[C@H](C(=O)N2CCC3(CC2)OCCc2cn(-c4ccccc4)nc23)C[C@@H]1O. The fraction of sp³-hybridized carbons (Fsp3) is 0.545. The van der Waals surface area contributed by atoms with Crippen molar-refractivity contribution in [1.29, 1.82) is 0 Å². The molecule has 1 amide bonds.